The molecular formula is C25H35N5O3. The quantitative estimate of drug-likeness (QED) is 0.686. The van der Waals surface area contributed by atoms with E-state index in [4.69, 9.17) is 26.0 Å². The number of nitrogen functional groups attached to an aromatic ring is 1. The number of anilines is 1. The topological polar surface area (TPSA) is 112 Å². The predicted molar refractivity (Wildman–Crippen MR) is 126 cm³/mol. The maximum atomic E-state index is 12.8. The first-order valence-electron chi connectivity index (χ1n) is 12.0. The second-order valence-electron chi connectivity index (χ2n) is 10.6. The van der Waals surface area contributed by atoms with Gasteiger partial charge in [0.05, 0.1) is 23.8 Å². The summed E-state index contributed by atoms with van der Waals surface area (Å²) in [6.07, 6.45) is 4.04. The molecule has 1 aromatic carbocycles. The molecule has 5 rings (SSSR count). The van der Waals surface area contributed by atoms with Crippen molar-refractivity contribution in [3.05, 3.63) is 46.6 Å². The largest absolute Gasteiger partial charge is 0.444 e. The van der Waals surface area contributed by atoms with Crippen molar-refractivity contribution < 1.29 is 14.3 Å². The Morgan fingerprint density at radius 3 is 2.67 bits per heavy atom. The maximum absolute atomic E-state index is 12.8. The second-order valence-corrected chi connectivity index (χ2v) is 10.6. The number of fused-ring (bicyclic) bond motifs is 1. The molecule has 8 nitrogen and oxygen atoms in total. The van der Waals surface area contributed by atoms with E-state index >= 15 is 0 Å². The average molecular weight is 454 g/mol. The van der Waals surface area contributed by atoms with Gasteiger partial charge in [-0.3, -0.25) is 0 Å². The fourth-order valence-electron chi connectivity index (χ4n) is 5.31. The van der Waals surface area contributed by atoms with Crippen LogP contribution in [0.15, 0.2) is 24.3 Å². The highest BCUT2D eigenvalue weighted by Gasteiger charge is 2.44. The molecule has 33 heavy (non-hydrogen) atoms. The second kappa shape index (κ2) is 8.33. The summed E-state index contributed by atoms with van der Waals surface area (Å²) in [5.41, 5.74) is 16.9. The molecule has 0 bridgehead atoms. The maximum Gasteiger partial charge on any atom is 0.410 e. The van der Waals surface area contributed by atoms with E-state index in [1.807, 2.05) is 30.4 Å². The van der Waals surface area contributed by atoms with Crippen LogP contribution in [-0.2, 0) is 28.9 Å². The van der Waals surface area contributed by atoms with E-state index in [9.17, 15) is 4.79 Å². The molecule has 1 amide bonds. The molecule has 178 valence electrons. The summed E-state index contributed by atoms with van der Waals surface area (Å²) in [4.78, 5) is 14.6. The Bertz CT molecular complexity index is 1040. The molecule has 1 aliphatic carbocycles. The van der Waals surface area contributed by atoms with Crippen LogP contribution in [0.2, 0.25) is 0 Å². The zero-order valence-corrected chi connectivity index (χ0v) is 19.8. The van der Waals surface area contributed by atoms with Gasteiger partial charge in [0.15, 0.2) is 0 Å². The lowest BCUT2D eigenvalue weighted by molar-refractivity contribution is 0.0212. The lowest BCUT2D eigenvalue weighted by Crippen LogP contribution is -2.41. The fourth-order valence-corrected chi connectivity index (χ4v) is 5.31. The van der Waals surface area contributed by atoms with E-state index < -0.39 is 5.60 Å². The summed E-state index contributed by atoms with van der Waals surface area (Å²) in [7, 11) is 0. The molecule has 0 saturated carbocycles. The van der Waals surface area contributed by atoms with Gasteiger partial charge in [0.2, 0.25) is 0 Å². The fraction of sp³-hybridized carbons (Fsp3) is 0.600. The highest BCUT2D eigenvalue weighted by atomic mass is 16.6. The Labute approximate surface area is 195 Å². The van der Waals surface area contributed by atoms with E-state index in [0.29, 0.717) is 18.9 Å². The van der Waals surface area contributed by atoms with Gasteiger partial charge in [0, 0.05) is 12.5 Å². The van der Waals surface area contributed by atoms with Crippen LogP contribution in [0.3, 0.4) is 0 Å². The van der Waals surface area contributed by atoms with E-state index in [1.165, 1.54) is 11.1 Å². The number of hydrogen-bond donors (Lipinski definition) is 2. The van der Waals surface area contributed by atoms with Gasteiger partial charge < -0.3 is 25.8 Å². The third-order valence-electron chi connectivity index (χ3n) is 6.99. The van der Waals surface area contributed by atoms with Crippen LogP contribution in [0.5, 0.6) is 0 Å². The van der Waals surface area contributed by atoms with Gasteiger partial charge in [-0.2, -0.15) is 5.10 Å². The number of benzene rings is 1. The number of epoxide rings is 1. The first-order chi connectivity index (χ1) is 15.7. The summed E-state index contributed by atoms with van der Waals surface area (Å²) < 4.78 is 13.1. The summed E-state index contributed by atoms with van der Waals surface area (Å²) in [5, 5.41) is 5.01. The third kappa shape index (κ3) is 4.46. The van der Waals surface area contributed by atoms with Crippen molar-refractivity contribution in [3.63, 3.8) is 0 Å². The molecule has 2 fully saturated rings. The monoisotopic (exact) mass is 453 g/mol. The first-order valence-corrected chi connectivity index (χ1v) is 12.0. The molecule has 2 aliphatic heterocycles. The smallest absolute Gasteiger partial charge is 0.410 e. The van der Waals surface area contributed by atoms with Crippen molar-refractivity contribution in [1.29, 1.82) is 0 Å². The number of aromatic nitrogens is 2. The number of carbonyl (C=O) groups is 1. The van der Waals surface area contributed by atoms with E-state index in [1.54, 1.807) is 0 Å². The van der Waals surface area contributed by atoms with Gasteiger partial charge in [-0.05, 0) is 64.0 Å². The molecule has 3 heterocycles. The minimum atomic E-state index is -0.522. The summed E-state index contributed by atoms with van der Waals surface area (Å²) >= 11 is 0. The van der Waals surface area contributed by atoms with E-state index in [2.05, 4.69) is 24.3 Å². The van der Waals surface area contributed by atoms with E-state index in [-0.39, 0.29) is 30.4 Å². The van der Waals surface area contributed by atoms with Gasteiger partial charge in [-0.25, -0.2) is 9.48 Å². The number of hydrogen-bond acceptors (Lipinski definition) is 6. The number of nitrogens with two attached hydrogens (primary N) is 2. The normalized spacial score (nSPS) is 26.8. The average Bonchev–Trinajstić information content (AvgIpc) is 3.16. The van der Waals surface area contributed by atoms with Crippen molar-refractivity contribution in [2.75, 3.05) is 12.3 Å². The minimum absolute atomic E-state index is 0.00336. The molecule has 4 atom stereocenters. The van der Waals surface area contributed by atoms with Crippen molar-refractivity contribution in [2.45, 2.75) is 89.3 Å². The molecule has 1 aromatic heterocycles. The number of carbonyl (C=O) groups excluding carboxylic acids is 1. The van der Waals surface area contributed by atoms with E-state index in [0.717, 1.165) is 43.4 Å². The van der Waals surface area contributed by atoms with Gasteiger partial charge in [0.1, 0.15) is 23.8 Å². The Morgan fingerprint density at radius 2 is 1.97 bits per heavy atom. The Kier molecular flexibility index (Phi) is 5.61. The van der Waals surface area contributed by atoms with Crippen LogP contribution in [0.4, 0.5) is 10.6 Å². The van der Waals surface area contributed by atoms with Crippen LogP contribution in [0, 0.1) is 0 Å². The van der Waals surface area contributed by atoms with Crippen molar-refractivity contribution in [2.24, 2.45) is 5.73 Å². The SMILES string of the molecule is CC(C)(C)OC(=O)N1CCC[C@H]1Cn1nc(C2CCc3ccccc3C2)c(C2OC2N)c1N. The summed E-state index contributed by atoms with van der Waals surface area (Å²) in [5.74, 6) is 0.887. The number of aryl methyl sites for hydroxylation is 1. The minimum Gasteiger partial charge on any atom is -0.444 e. The summed E-state index contributed by atoms with van der Waals surface area (Å²) in [6.45, 7) is 6.91. The van der Waals surface area contributed by atoms with Crippen molar-refractivity contribution >= 4 is 11.9 Å². The molecular weight excluding hydrogens is 418 g/mol. The number of ether oxygens (including phenoxy) is 2. The molecule has 3 unspecified atom stereocenters. The molecule has 0 radical (unpaired) electrons. The number of likely N-dealkylation sites (tertiary alicyclic amines) is 1. The lowest BCUT2D eigenvalue weighted by Gasteiger charge is -2.28. The van der Waals surface area contributed by atoms with Crippen LogP contribution < -0.4 is 11.5 Å². The number of nitrogens with zero attached hydrogens (tertiary/aromatic N) is 3. The Morgan fingerprint density at radius 1 is 1.24 bits per heavy atom. The van der Waals surface area contributed by atoms with Crippen molar-refractivity contribution in [3.8, 4) is 0 Å². The highest BCUT2D eigenvalue weighted by Crippen LogP contribution is 2.45. The van der Waals surface area contributed by atoms with Crippen LogP contribution in [0.25, 0.3) is 0 Å². The molecule has 2 aromatic rings. The number of amides is 1. The van der Waals surface area contributed by atoms with Crippen molar-refractivity contribution in [1.82, 2.24) is 14.7 Å². The van der Waals surface area contributed by atoms with Gasteiger partial charge >= 0.3 is 6.09 Å². The van der Waals surface area contributed by atoms with Gasteiger partial charge in [-0.1, -0.05) is 24.3 Å². The molecule has 0 spiro atoms. The highest BCUT2D eigenvalue weighted by molar-refractivity contribution is 5.69. The van der Waals surface area contributed by atoms with Crippen LogP contribution >= 0.6 is 0 Å². The summed E-state index contributed by atoms with van der Waals surface area (Å²) in [6, 6.07) is 8.62. The van der Waals surface area contributed by atoms with Gasteiger partial charge in [-0.15, -0.1) is 0 Å². The van der Waals surface area contributed by atoms with Crippen LogP contribution in [-0.4, -0.2) is 45.2 Å². The number of rotatable bonds is 4. The molecule has 8 heteroatoms. The molecule has 3 aliphatic rings. The Hall–Kier alpha value is -2.58. The standard InChI is InChI=1S/C25H35N5O3/c1-25(2,3)33-24(31)29-12-6-9-18(29)14-30-22(26)19(21-23(27)32-21)20(28-30)17-11-10-15-7-4-5-8-16(15)13-17/h4-5,7-8,17-18,21,23H,6,9-14,26-27H2,1-3H3/t17?,18-,21?,23?/m0/s1. The molecule has 2 saturated heterocycles. The zero-order chi connectivity index (χ0) is 23.3. The lowest BCUT2D eigenvalue weighted by atomic mass is 9.81. The van der Waals surface area contributed by atoms with Gasteiger partial charge in [0.25, 0.3) is 0 Å². The van der Waals surface area contributed by atoms with Crippen LogP contribution in [0.1, 0.15) is 74.4 Å². The predicted octanol–water partition coefficient (Wildman–Crippen LogP) is 3.49. The molecule has 4 N–H and O–H groups in total. The zero-order valence-electron chi connectivity index (χ0n) is 19.8. The Balaban J connectivity index is 1.40. The first kappa shape index (κ1) is 22.2. The third-order valence-corrected chi connectivity index (χ3v) is 6.99.